The number of nitrogens with one attached hydrogen (secondary N) is 2. The van der Waals surface area contributed by atoms with Crippen LogP contribution in [0.15, 0.2) is 17.4 Å². The van der Waals surface area contributed by atoms with Gasteiger partial charge >= 0.3 is 0 Å². The number of nitrogens with zero attached hydrogens (tertiary/aromatic N) is 5. The van der Waals surface area contributed by atoms with Crippen LogP contribution in [0.2, 0.25) is 0 Å². The van der Waals surface area contributed by atoms with Crippen molar-refractivity contribution >= 4 is 23.5 Å². The van der Waals surface area contributed by atoms with E-state index in [1.807, 2.05) is 18.1 Å². The van der Waals surface area contributed by atoms with Gasteiger partial charge in [-0.2, -0.15) is 5.10 Å². The van der Waals surface area contributed by atoms with Crippen molar-refractivity contribution < 1.29 is 9.59 Å². The van der Waals surface area contributed by atoms with Crippen LogP contribution in [-0.4, -0.2) is 72.7 Å². The third-order valence-corrected chi connectivity index (χ3v) is 3.42. The van der Waals surface area contributed by atoms with Crippen LogP contribution in [0.25, 0.3) is 0 Å². The monoisotopic (exact) mass is 307 g/mol. The van der Waals surface area contributed by atoms with Crippen LogP contribution in [0.1, 0.15) is 0 Å². The number of aryl methyl sites for hydroxylation is 1. The Morgan fingerprint density at radius 2 is 2.23 bits per heavy atom. The molecular formula is C13H21N7O2. The van der Waals surface area contributed by atoms with Crippen molar-refractivity contribution in [3.8, 4) is 0 Å². The highest BCUT2D eigenvalue weighted by atomic mass is 16.2. The maximum atomic E-state index is 12.3. The second-order valence-electron chi connectivity index (χ2n) is 4.91. The zero-order valence-corrected chi connectivity index (χ0v) is 13.0. The molecule has 22 heavy (non-hydrogen) atoms. The van der Waals surface area contributed by atoms with Gasteiger partial charge in [0.25, 0.3) is 0 Å². The molecule has 0 radical (unpaired) electrons. The fourth-order valence-corrected chi connectivity index (χ4v) is 2.25. The lowest BCUT2D eigenvalue weighted by Gasteiger charge is -2.35. The molecule has 2 amide bonds. The molecule has 0 saturated carbocycles. The summed E-state index contributed by atoms with van der Waals surface area (Å²) in [6.45, 7) is 1.52. The Labute approximate surface area is 129 Å². The number of aliphatic imine (C=N–C) groups is 1. The number of anilines is 1. The standard InChI is InChI=1S/C13H21N7O2/c1-14-11(21)7-16-13(15-2)19-4-5-20(12(22)9-19)10-6-17-18(3)8-10/h6,8H,4-5,7,9H2,1-3H3,(H,14,21)(H,15,16). The Balaban J connectivity index is 1.96. The zero-order chi connectivity index (χ0) is 16.1. The first kappa shape index (κ1) is 15.8. The molecule has 2 rings (SSSR count). The minimum absolute atomic E-state index is 0.0258. The number of piperazine rings is 1. The lowest BCUT2D eigenvalue weighted by Crippen LogP contribution is -2.56. The van der Waals surface area contributed by atoms with Crippen molar-refractivity contribution in [3.05, 3.63) is 12.4 Å². The molecule has 0 bridgehead atoms. The summed E-state index contributed by atoms with van der Waals surface area (Å²) in [5.41, 5.74) is 0.792. The van der Waals surface area contributed by atoms with E-state index in [-0.39, 0.29) is 24.9 Å². The van der Waals surface area contributed by atoms with Gasteiger partial charge in [0.05, 0.1) is 18.4 Å². The summed E-state index contributed by atoms with van der Waals surface area (Å²) in [6.07, 6.45) is 3.48. The van der Waals surface area contributed by atoms with Crippen molar-refractivity contribution in [2.24, 2.45) is 12.0 Å². The third-order valence-electron chi connectivity index (χ3n) is 3.42. The average Bonchev–Trinajstić information content (AvgIpc) is 2.94. The second-order valence-corrected chi connectivity index (χ2v) is 4.91. The maximum Gasteiger partial charge on any atom is 0.246 e. The van der Waals surface area contributed by atoms with Gasteiger partial charge in [-0.15, -0.1) is 0 Å². The van der Waals surface area contributed by atoms with Crippen LogP contribution >= 0.6 is 0 Å². The van der Waals surface area contributed by atoms with Gasteiger partial charge in [-0.25, -0.2) is 0 Å². The van der Waals surface area contributed by atoms with Gasteiger partial charge in [0.1, 0.15) is 6.54 Å². The predicted octanol–water partition coefficient (Wildman–Crippen LogP) is -1.61. The molecule has 120 valence electrons. The Morgan fingerprint density at radius 1 is 1.45 bits per heavy atom. The van der Waals surface area contributed by atoms with Crippen LogP contribution in [0, 0.1) is 0 Å². The molecule has 0 atom stereocenters. The van der Waals surface area contributed by atoms with E-state index in [2.05, 4.69) is 20.7 Å². The van der Waals surface area contributed by atoms with Crippen LogP contribution < -0.4 is 15.5 Å². The molecule has 1 saturated heterocycles. The summed E-state index contributed by atoms with van der Waals surface area (Å²) in [7, 11) is 5.02. The topological polar surface area (TPSA) is 94.9 Å². The molecule has 1 fully saturated rings. The molecule has 0 aromatic carbocycles. The van der Waals surface area contributed by atoms with E-state index in [0.29, 0.717) is 19.0 Å². The van der Waals surface area contributed by atoms with E-state index in [9.17, 15) is 9.59 Å². The molecule has 0 aliphatic carbocycles. The predicted molar refractivity (Wildman–Crippen MR) is 82.6 cm³/mol. The number of carbonyl (C=O) groups is 2. The second kappa shape index (κ2) is 6.92. The minimum Gasteiger partial charge on any atom is -0.358 e. The van der Waals surface area contributed by atoms with Crippen molar-refractivity contribution in [2.45, 2.75) is 0 Å². The molecule has 0 spiro atoms. The SMILES string of the molecule is CN=C(NCC(=O)NC)N1CCN(c2cnn(C)c2)C(=O)C1. The van der Waals surface area contributed by atoms with E-state index in [4.69, 9.17) is 0 Å². The smallest absolute Gasteiger partial charge is 0.246 e. The first-order valence-electron chi connectivity index (χ1n) is 7.00. The van der Waals surface area contributed by atoms with Gasteiger partial charge in [0.15, 0.2) is 5.96 Å². The molecule has 1 aliphatic rings. The number of carbonyl (C=O) groups excluding carboxylic acids is 2. The average molecular weight is 307 g/mol. The molecule has 1 aromatic rings. The molecular weight excluding hydrogens is 286 g/mol. The van der Waals surface area contributed by atoms with E-state index < -0.39 is 0 Å². The van der Waals surface area contributed by atoms with Gasteiger partial charge in [0.2, 0.25) is 11.8 Å². The number of likely N-dealkylation sites (N-methyl/N-ethyl adjacent to an activating group) is 1. The number of guanidine groups is 1. The van der Waals surface area contributed by atoms with Gasteiger partial charge in [0, 0.05) is 40.4 Å². The number of amides is 2. The Kier molecular flexibility index (Phi) is 4.97. The largest absolute Gasteiger partial charge is 0.358 e. The van der Waals surface area contributed by atoms with Crippen molar-refractivity contribution in [2.75, 3.05) is 45.2 Å². The summed E-state index contributed by atoms with van der Waals surface area (Å²) in [5, 5.41) is 9.56. The molecule has 1 aromatic heterocycles. The lowest BCUT2D eigenvalue weighted by atomic mass is 10.3. The van der Waals surface area contributed by atoms with Crippen molar-refractivity contribution in [1.29, 1.82) is 0 Å². The zero-order valence-electron chi connectivity index (χ0n) is 13.0. The molecule has 0 unspecified atom stereocenters. The van der Waals surface area contributed by atoms with Gasteiger partial charge in [-0.1, -0.05) is 0 Å². The molecule has 2 N–H and O–H groups in total. The van der Waals surface area contributed by atoms with Crippen LogP contribution in [0.4, 0.5) is 5.69 Å². The van der Waals surface area contributed by atoms with Gasteiger partial charge in [-0.05, 0) is 0 Å². The van der Waals surface area contributed by atoms with Crippen LogP contribution in [-0.2, 0) is 16.6 Å². The van der Waals surface area contributed by atoms with Gasteiger partial charge < -0.3 is 20.4 Å². The fourth-order valence-electron chi connectivity index (χ4n) is 2.25. The molecule has 2 heterocycles. The van der Waals surface area contributed by atoms with Crippen LogP contribution in [0.3, 0.4) is 0 Å². The Hall–Kier alpha value is -2.58. The third kappa shape index (κ3) is 3.54. The quantitative estimate of drug-likeness (QED) is 0.517. The van der Waals surface area contributed by atoms with E-state index in [1.165, 1.54) is 0 Å². The van der Waals surface area contributed by atoms with E-state index in [0.717, 1.165) is 5.69 Å². The first-order chi connectivity index (χ1) is 10.5. The summed E-state index contributed by atoms with van der Waals surface area (Å²) in [5.74, 6) is 0.381. The lowest BCUT2D eigenvalue weighted by molar-refractivity contribution is -0.120. The summed E-state index contributed by atoms with van der Waals surface area (Å²) < 4.78 is 1.67. The molecule has 9 heteroatoms. The van der Waals surface area contributed by atoms with E-state index >= 15 is 0 Å². The van der Waals surface area contributed by atoms with E-state index in [1.54, 1.807) is 29.9 Å². The highest BCUT2D eigenvalue weighted by Gasteiger charge is 2.27. The van der Waals surface area contributed by atoms with Crippen molar-refractivity contribution in [1.82, 2.24) is 25.3 Å². The first-order valence-corrected chi connectivity index (χ1v) is 7.00. The molecule has 1 aliphatic heterocycles. The normalized spacial score (nSPS) is 16.0. The maximum absolute atomic E-state index is 12.3. The minimum atomic E-state index is -0.138. The summed E-state index contributed by atoms with van der Waals surface area (Å²) in [4.78, 5) is 31.3. The Bertz CT molecular complexity index is 581. The summed E-state index contributed by atoms with van der Waals surface area (Å²) >= 11 is 0. The van der Waals surface area contributed by atoms with Gasteiger partial charge in [-0.3, -0.25) is 19.3 Å². The highest BCUT2D eigenvalue weighted by molar-refractivity contribution is 5.98. The number of hydrogen-bond acceptors (Lipinski definition) is 4. The van der Waals surface area contributed by atoms with Crippen molar-refractivity contribution in [3.63, 3.8) is 0 Å². The number of aromatic nitrogens is 2. The summed E-state index contributed by atoms with van der Waals surface area (Å²) in [6, 6.07) is 0. The van der Waals surface area contributed by atoms with Crippen LogP contribution in [0.5, 0.6) is 0 Å². The Morgan fingerprint density at radius 3 is 2.77 bits per heavy atom. The highest BCUT2D eigenvalue weighted by Crippen LogP contribution is 2.15. The number of hydrogen-bond donors (Lipinski definition) is 2. The molecule has 9 nitrogen and oxygen atoms in total. The number of rotatable bonds is 3. The fraction of sp³-hybridized carbons (Fsp3) is 0.538.